The fraction of sp³-hybridized carbons (Fsp3) is 0.500. The van der Waals surface area contributed by atoms with Gasteiger partial charge in [0.05, 0.1) is 17.2 Å². The molecule has 104 valence electrons. The average Bonchev–Trinajstić information content (AvgIpc) is 2.39. The third kappa shape index (κ3) is 3.61. The van der Waals surface area contributed by atoms with Gasteiger partial charge in [0.15, 0.2) is 0 Å². The van der Waals surface area contributed by atoms with Crippen LogP contribution in [0.2, 0.25) is 5.02 Å². The maximum Gasteiger partial charge on any atom is 0.255 e. The molecule has 1 atom stereocenters. The van der Waals surface area contributed by atoms with Crippen molar-refractivity contribution >= 4 is 23.2 Å². The number of hydrogen-bond donors (Lipinski definition) is 1. The second-order valence-corrected chi connectivity index (χ2v) is 5.42. The molecule has 1 saturated heterocycles. The van der Waals surface area contributed by atoms with Gasteiger partial charge in [0.25, 0.3) is 5.91 Å². The van der Waals surface area contributed by atoms with E-state index in [-0.39, 0.29) is 5.91 Å². The quantitative estimate of drug-likeness (QED) is 0.866. The van der Waals surface area contributed by atoms with Crippen molar-refractivity contribution < 1.29 is 9.53 Å². The molecule has 1 aromatic rings. The normalized spacial score (nSPS) is 19.2. The lowest BCUT2D eigenvalue weighted by atomic mass is 10.0. The number of anilines is 1. The van der Waals surface area contributed by atoms with E-state index in [1.54, 1.807) is 30.1 Å². The number of nitrogen functional groups attached to an aromatic ring is 1. The van der Waals surface area contributed by atoms with Gasteiger partial charge in [0, 0.05) is 25.9 Å². The summed E-state index contributed by atoms with van der Waals surface area (Å²) >= 11 is 6.06. The van der Waals surface area contributed by atoms with E-state index < -0.39 is 0 Å². The molecule has 1 heterocycles. The number of nitrogens with two attached hydrogens (primary N) is 1. The molecule has 4 nitrogen and oxygen atoms in total. The van der Waals surface area contributed by atoms with Crippen LogP contribution in [0.5, 0.6) is 0 Å². The van der Waals surface area contributed by atoms with E-state index in [1.807, 2.05) is 0 Å². The number of carbonyl (C=O) groups excluding carboxylic acids is 1. The van der Waals surface area contributed by atoms with Crippen LogP contribution in [0.4, 0.5) is 5.69 Å². The Labute approximate surface area is 118 Å². The summed E-state index contributed by atoms with van der Waals surface area (Å²) in [5.74, 6) is 0.339. The Morgan fingerprint density at radius 2 is 2.37 bits per heavy atom. The fourth-order valence-electron chi connectivity index (χ4n) is 2.33. The van der Waals surface area contributed by atoms with Gasteiger partial charge in [0.2, 0.25) is 0 Å². The fourth-order valence-corrected chi connectivity index (χ4v) is 2.60. The van der Waals surface area contributed by atoms with Gasteiger partial charge in [-0.1, -0.05) is 11.6 Å². The molecular formula is C14H19ClN2O2. The van der Waals surface area contributed by atoms with Crippen LogP contribution in [0.3, 0.4) is 0 Å². The SMILES string of the molecule is CN(CC1CCCOC1)C(=O)c1ccc(N)cc1Cl. The van der Waals surface area contributed by atoms with Crippen LogP contribution >= 0.6 is 11.6 Å². The summed E-state index contributed by atoms with van der Waals surface area (Å²) in [4.78, 5) is 14.0. The monoisotopic (exact) mass is 282 g/mol. The second kappa shape index (κ2) is 6.26. The summed E-state index contributed by atoms with van der Waals surface area (Å²) in [6, 6.07) is 4.97. The molecule has 1 amide bonds. The minimum Gasteiger partial charge on any atom is -0.399 e. The van der Waals surface area contributed by atoms with Crippen LogP contribution in [0.15, 0.2) is 18.2 Å². The second-order valence-electron chi connectivity index (χ2n) is 5.01. The van der Waals surface area contributed by atoms with Gasteiger partial charge >= 0.3 is 0 Å². The summed E-state index contributed by atoms with van der Waals surface area (Å²) < 4.78 is 5.43. The van der Waals surface area contributed by atoms with Crippen LogP contribution in [0.1, 0.15) is 23.2 Å². The highest BCUT2D eigenvalue weighted by Crippen LogP contribution is 2.21. The lowest BCUT2D eigenvalue weighted by molar-refractivity contribution is 0.0388. The highest BCUT2D eigenvalue weighted by molar-refractivity contribution is 6.34. The van der Waals surface area contributed by atoms with Crippen LogP contribution in [0.25, 0.3) is 0 Å². The third-order valence-electron chi connectivity index (χ3n) is 3.36. The predicted octanol–water partition coefficient (Wildman–Crippen LogP) is 2.42. The van der Waals surface area contributed by atoms with Crippen LogP contribution < -0.4 is 5.73 Å². The average molecular weight is 283 g/mol. The minimum absolute atomic E-state index is 0.0735. The predicted molar refractivity (Wildman–Crippen MR) is 76.4 cm³/mol. The highest BCUT2D eigenvalue weighted by atomic mass is 35.5. The third-order valence-corrected chi connectivity index (χ3v) is 3.67. The van der Waals surface area contributed by atoms with E-state index in [9.17, 15) is 4.79 Å². The van der Waals surface area contributed by atoms with Gasteiger partial charge in [-0.2, -0.15) is 0 Å². The molecule has 1 aliphatic rings. The van der Waals surface area contributed by atoms with Crippen LogP contribution in [0, 0.1) is 5.92 Å². The van der Waals surface area contributed by atoms with Crippen molar-refractivity contribution in [1.29, 1.82) is 0 Å². The maximum absolute atomic E-state index is 12.3. The zero-order chi connectivity index (χ0) is 13.8. The smallest absolute Gasteiger partial charge is 0.255 e. The number of ether oxygens (including phenoxy) is 1. The molecule has 0 radical (unpaired) electrons. The molecule has 1 aliphatic heterocycles. The van der Waals surface area contributed by atoms with E-state index in [1.165, 1.54) is 0 Å². The summed E-state index contributed by atoms with van der Waals surface area (Å²) in [6.07, 6.45) is 2.17. The van der Waals surface area contributed by atoms with Crippen molar-refractivity contribution in [1.82, 2.24) is 4.90 Å². The van der Waals surface area contributed by atoms with E-state index in [0.29, 0.717) is 28.7 Å². The largest absolute Gasteiger partial charge is 0.399 e. The first-order valence-electron chi connectivity index (χ1n) is 6.46. The molecule has 1 fully saturated rings. The molecule has 1 unspecified atom stereocenters. The molecule has 0 bridgehead atoms. The molecular weight excluding hydrogens is 264 g/mol. The lowest BCUT2D eigenvalue weighted by Gasteiger charge is -2.27. The maximum atomic E-state index is 12.3. The number of hydrogen-bond acceptors (Lipinski definition) is 3. The van der Waals surface area contributed by atoms with Gasteiger partial charge in [-0.25, -0.2) is 0 Å². The number of amides is 1. The molecule has 0 aliphatic carbocycles. The Balaban J connectivity index is 2.01. The van der Waals surface area contributed by atoms with E-state index in [0.717, 1.165) is 26.1 Å². The summed E-state index contributed by atoms with van der Waals surface area (Å²) in [5, 5.41) is 0.400. The molecule has 0 spiro atoms. The van der Waals surface area contributed by atoms with Crippen LogP contribution in [-0.4, -0.2) is 37.6 Å². The van der Waals surface area contributed by atoms with Gasteiger partial charge in [-0.3, -0.25) is 4.79 Å². The topological polar surface area (TPSA) is 55.6 Å². The van der Waals surface area contributed by atoms with Gasteiger partial charge < -0.3 is 15.4 Å². The molecule has 0 aromatic heterocycles. The van der Waals surface area contributed by atoms with E-state index >= 15 is 0 Å². The number of halogens is 1. The summed E-state index contributed by atoms with van der Waals surface area (Å²) in [6.45, 7) is 2.25. The zero-order valence-corrected chi connectivity index (χ0v) is 11.8. The van der Waals surface area contributed by atoms with Crippen molar-refractivity contribution in [3.63, 3.8) is 0 Å². The number of rotatable bonds is 3. The zero-order valence-electron chi connectivity index (χ0n) is 11.1. The first kappa shape index (κ1) is 14.2. The first-order valence-corrected chi connectivity index (χ1v) is 6.84. The lowest BCUT2D eigenvalue weighted by Crippen LogP contribution is -2.35. The Morgan fingerprint density at radius 3 is 3.00 bits per heavy atom. The van der Waals surface area contributed by atoms with Crippen molar-refractivity contribution in [2.45, 2.75) is 12.8 Å². The Morgan fingerprint density at radius 1 is 1.58 bits per heavy atom. The standard InChI is InChI=1S/C14H19ClN2O2/c1-17(8-10-3-2-6-19-9-10)14(18)12-5-4-11(16)7-13(12)15/h4-5,7,10H,2-3,6,8-9,16H2,1H3. The molecule has 5 heteroatoms. The van der Waals surface area contributed by atoms with Gasteiger partial charge in [-0.05, 0) is 37.0 Å². The Hall–Kier alpha value is -1.26. The molecule has 0 saturated carbocycles. The molecule has 2 N–H and O–H groups in total. The summed E-state index contributed by atoms with van der Waals surface area (Å²) in [7, 11) is 1.80. The van der Waals surface area contributed by atoms with Gasteiger partial charge in [0.1, 0.15) is 0 Å². The molecule has 1 aromatic carbocycles. The minimum atomic E-state index is -0.0735. The molecule has 19 heavy (non-hydrogen) atoms. The number of carbonyl (C=O) groups is 1. The van der Waals surface area contributed by atoms with Crippen molar-refractivity contribution in [3.05, 3.63) is 28.8 Å². The van der Waals surface area contributed by atoms with Crippen molar-refractivity contribution in [2.75, 3.05) is 32.5 Å². The summed E-state index contributed by atoms with van der Waals surface area (Å²) in [5.41, 5.74) is 6.68. The van der Waals surface area contributed by atoms with Crippen molar-refractivity contribution in [3.8, 4) is 0 Å². The highest BCUT2D eigenvalue weighted by Gasteiger charge is 2.20. The van der Waals surface area contributed by atoms with E-state index in [4.69, 9.17) is 22.1 Å². The van der Waals surface area contributed by atoms with Gasteiger partial charge in [-0.15, -0.1) is 0 Å². The number of benzene rings is 1. The van der Waals surface area contributed by atoms with E-state index in [2.05, 4.69) is 0 Å². The Kier molecular flexibility index (Phi) is 4.66. The Bertz CT molecular complexity index is 459. The molecule has 2 rings (SSSR count). The first-order chi connectivity index (χ1) is 9.08. The van der Waals surface area contributed by atoms with Crippen LogP contribution in [-0.2, 0) is 4.74 Å². The number of nitrogens with zero attached hydrogens (tertiary/aromatic N) is 1. The van der Waals surface area contributed by atoms with Crippen molar-refractivity contribution in [2.24, 2.45) is 5.92 Å².